The molecule has 0 N–H and O–H groups in total. The van der Waals surface area contributed by atoms with Gasteiger partial charge in [0, 0.05) is 0 Å². The van der Waals surface area contributed by atoms with E-state index in [9.17, 15) is 4.79 Å². The van der Waals surface area contributed by atoms with Gasteiger partial charge in [0.1, 0.15) is 12.4 Å². The zero-order valence-corrected chi connectivity index (χ0v) is 12.8. The van der Waals surface area contributed by atoms with Crippen molar-refractivity contribution in [3.63, 3.8) is 0 Å². The van der Waals surface area contributed by atoms with Crippen LogP contribution in [0.3, 0.4) is 0 Å². The largest absolute Gasteiger partial charge is 0.494 e. The van der Waals surface area contributed by atoms with Crippen molar-refractivity contribution >= 4 is 50.8 Å². The van der Waals surface area contributed by atoms with Crippen LogP contribution >= 0.6 is 36.2 Å². The Morgan fingerprint density at radius 2 is 2.32 bits per heavy atom. The monoisotopic (exact) mass is 315 g/mol. The van der Waals surface area contributed by atoms with Crippen LogP contribution in [0.25, 0.3) is 10.2 Å². The van der Waals surface area contributed by atoms with Crippen LogP contribution in [0, 0.1) is 0 Å². The van der Waals surface area contributed by atoms with Gasteiger partial charge >= 0.3 is 4.87 Å². The molecule has 0 aliphatic carbocycles. The van der Waals surface area contributed by atoms with Crippen LogP contribution in [0.5, 0.6) is 5.75 Å². The molecule has 19 heavy (non-hydrogen) atoms. The van der Waals surface area contributed by atoms with Gasteiger partial charge in [-0.1, -0.05) is 24.0 Å². The Balaban J connectivity index is 2.26. The minimum Gasteiger partial charge on any atom is -0.494 e. The van der Waals surface area contributed by atoms with Crippen LogP contribution in [0.4, 0.5) is 0 Å². The van der Waals surface area contributed by atoms with Gasteiger partial charge in [0.15, 0.2) is 0 Å². The van der Waals surface area contributed by atoms with Crippen molar-refractivity contribution in [3.05, 3.63) is 27.9 Å². The first-order valence-corrected chi connectivity index (χ1v) is 7.41. The molecule has 1 heterocycles. The van der Waals surface area contributed by atoms with Crippen LogP contribution in [-0.2, 0) is 11.3 Å². The number of ether oxygens (including phenoxy) is 2. The minimum atomic E-state index is -0.0164. The van der Waals surface area contributed by atoms with Crippen LogP contribution in [0.2, 0.25) is 0 Å². The van der Waals surface area contributed by atoms with Gasteiger partial charge < -0.3 is 9.47 Å². The summed E-state index contributed by atoms with van der Waals surface area (Å²) in [6.45, 7) is 3.32. The van der Waals surface area contributed by atoms with E-state index in [1.54, 1.807) is 4.57 Å². The molecule has 4 nitrogen and oxygen atoms in total. The summed E-state index contributed by atoms with van der Waals surface area (Å²) >= 11 is 9.78. The number of benzene rings is 1. The highest BCUT2D eigenvalue weighted by atomic mass is 32.1. The average molecular weight is 315 g/mol. The second-order valence-electron chi connectivity index (χ2n) is 3.70. The molecule has 0 spiro atoms. The number of fused-ring (bicyclic) bond motifs is 1. The predicted molar refractivity (Wildman–Crippen MR) is 84.8 cm³/mol. The number of rotatable bonds is 5. The zero-order chi connectivity index (χ0) is 13.8. The molecule has 0 unspecified atom stereocenters. The number of hydrogen-bond donors (Lipinski definition) is 1. The van der Waals surface area contributed by atoms with E-state index in [0.29, 0.717) is 19.8 Å². The lowest BCUT2D eigenvalue weighted by atomic mass is 10.3. The van der Waals surface area contributed by atoms with Crippen molar-refractivity contribution < 1.29 is 9.47 Å². The van der Waals surface area contributed by atoms with Gasteiger partial charge in [-0.25, -0.2) is 0 Å². The van der Waals surface area contributed by atoms with E-state index in [0.717, 1.165) is 16.0 Å². The van der Waals surface area contributed by atoms with Gasteiger partial charge in [0.25, 0.3) is 0 Å². The summed E-state index contributed by atoms with van der Waals surface area (Å²) in [5.41, 5.74) is 0.882. The van der Waals surface area contributed by atoms with E-state index < -0.39 is 0 Å². The van der Waals surface area contributed by atoms with Gasteiger partial charge in [-0.3, -0.25) is 9.36 Å². The molecule has 0 aliphatic rings. The minimum absolute atomic E-state index is 0.0164. The number of thiocarbonyl (C=S) groups is 1. The molecule has 0 fully saturated rings. The van der Waals surface area contributed by atoms with Crippen LogP contribution < -0.4 is 9.61 Å². The molecule has 0 bridgehead atoms. The van der Waals surface area contributed by atoms with Crippen molar-refractivity contribution in [2.75, 3.05) is 13.2 Å². The lowest BCUT2D eigenvalue weighted by Gasteiger charge is -2.06. The van der Waals surface area contributed by atoms with E-state index in [2.05, 4.69) is 12.6 Å². The molecule has 0 saturated heterocycles. The molecular weight excluding hydrogens is 302 g/mol. The van der Waals surface area contributed by atoms with Crippen LogP contribution in [-0.4, -0.2) is 22.2 Å². The van der Waals surface area contributed by atoms with Crippen molar-refractivity contribution in [1.82, 2.24) is 4.57 Å². The maximum Gasteiger partial charge on any atom is 0.308 e. The molecule has 102 valence electrons. The highest BCUT2D eigenvalue weighted by Crippen LogP contribution is 2.23. The molecule has 0 atom stereocenters. The summed E-state index contributed by atoms with van der Waals surface area (Å²) in [6.07, 6.45) is 0. The zero-order valence-electron chi connectivity index (χ0n) is 10.3. The lowest BCUT2D eigenvalue weighted by molar-refractivity contribution is 0.303. The Morgan fingerprint density at radius 1 is 1.53 bits per heavy atom. The summed E-state index contributed by atoms with van der Waals surface area (Å²) in [6, 6.07) is 5.63. The summed E-state index contributed by atoms with van der Waals surface area (Å²) in [5.74, 6) is 0.774. The van der Waals surface area contributed by atoms with Gasteiger partial charge in [0.2, 0.25) is 4.38 Å². The standard InChI is InChI=1S/C12H13NO3S3/c1-2-15-8-3-4-9-10(7-8)19-11(14)13(9)5-6-16-12(17)18/h3-4,7H,2,5-6H2,1H3,(H,17,18). The maximum absolute atomic E-state index is 11.9. The smallest absolute Gasteiger partial charge is 0.308 e. The Kier molecular flexibility index (Phi) is 4.84. The van der Waals surface area contributed by atoms with E-state index in [1.807, 2.05) is 25.1 Å². The molecule has 1 aromatic heterocycles. The molecule has 2 aromatic rings. The number of aromatic nitrogens is 1. The predicted octanol–water partition coefficient (Wildman–Crippen LogP) is 2.69. The molecule has 0 aliphatic heterocycles. The van der Waals surface area contributed by atoms with Crippen LogP contribution in [0.15, 0.2) is 23.0 Å². The highest BCUT2D eigenvalue weighted by Gasteiger charge is 2.08. The summed E-state index contributed by atoms with van der Waals surface area (Å²) in [4.78, 5) is 11.9. The fourth-order valence-electron chi connectivity index (χ4n) is 1.74. The third-order valence-corrected chi connectivity index (χ3v) is 3.68. The summed E-state index contributed by atoms with van der Waals surface area (Å²) in [7, 11) is 0. The first kappa shape index (κ1) is 14.4. The molecule has 2 rings (SSSR count). The van der Waals surface area contributed by atoms with E-state index in [-0.39, 0.29) is 9.26 Å². The van der Waals surface area contributed by atoms with Gasteiger partial charge in [-0.05, 0) is 37.3 Å². The molecule has 0 saturated carbocycles. The molecular formula is C12H13NO3S3. The second kappa shape index (κ2) is 6.40. The third kappa shape index (κ3) is 3.49. The normalized spacial score (nSPS) is 10.6. The van der Waals surface area contributed by atoms with Crippen molar-refractivity contribution in [3.8, 4) is 5.75 Å². The summed E-state index contributed by atoms with van der Waals surface area (Å²) in [5, 5.41) is 0. The summed E-state index contributed by atoms with van der Waals surface area (Å²) < 4.78 is 13.3. The average Bonchev–Trinajstić information content (AvgIpc) is 2.65. The van der Waals surface area contributed by atoms with E-state index in [1.165, 1.54) is 11.3 Å². The third-order valence-electron chi connectivity index (χ3n) is 2.49. The second-order valence-corrected chi connectivity index (χ2v) is 5.77. The molecule has 0 amide bonds. The van der Waals surface area contributed by atoms with E-state index >= 15 is 0 Å². The lowest BCUT2D eigenvalue weighted by Crippen LogP contribution is -2.16. The molecule has 7 heteroatoms. The Morgan fingerprint density at radius 3 is 3.00 bits per heavy atom. The molecule has 0 radical (unpaired) electrons. The van der Waals surface area contributed by atoms with Crippen LogP contribution in [0.1, 0.15) is 6.92 Å². The Hall–Kier alpha value is -1.05. The topological polar surface area (TPSA) is 40.5 Å². The Labute approximate surface area is 125 Å². The molecule has 1 aromatic carbocycles. The number of nitrogens with zero attached hydrogens (tertiary/aromatic N) is 1. The highest BCUT2D eigenvalue weighted by molar-refractivity contribution is 8.10. The van der Waals surface area contributed by atoms with E-state index in [4.69, 9.17) is 21.7 Å². The number of thiazole rings is 1. The van der Waals surface area contributed by atoms with Gasteiger partial charge in [-0.15, -0.1) is 0 Å². The van der Waals surface area contributed by atoms with Crippen molar-refractivity contribution in [1.29, 1.82) is 0 Å². The number of thiol groups is 1. The maximum atomic E-state index is 11.9. The van der Waals surface area contributed by atoms with Gasteiger partial charge in [-0.2, -0.15) is 0 Å². The van der Waals surface area contributed by atoms with Gasteiger partial charge in [0.05, 0.1) is 23.4 Å². The quantitative estimate of drug-likeness (QED) is 0.680. The number of hydrogen-bond acceptors (Lipinski definition) is 5. The first-order chi connectivity index (χ1) is 9.11. The SMILES string of the molecule is CCOc1ccc2c(c1)sc(=O)n2CCOC(=S)S. The first-order valence-electron chi connectivity index (χ1n) is 5.73. The van der Waals surface area contributed by atoms with Crippen molar-refractivity contribution in [2.24, 2.45) is 0 Å². The van der Waals surface area contributed by atoms with Crippen molar-refractivity contribution in [2.45, 2.75) is 13.5 Å². The fraction of sp³-hybridized carbons (Fsp3) is 0.333. The fourth-order valence-corrected chi connectivity index (χ4v) is 2.86. The Bertz CT molecular complexity index is 647.